The monoisotopic (exact) mass is 1020 g/mol. The van der Waals surface area contributed by atoms with Crippen LogP contribution in [0.4, 0.5) is 0 Å². The number of hydrogen-bond donors (Lipinski definition) is 2. The Morgan fingerprint density at radius 2 is 0.831 bits per heavy atom. The van der Waals surface area contributed by atoms with E-state index in [4.69, 9.17) is 9.05 Å². The lowest BCUT2D eigenvalue weighted by atomic mass is 10.0. The van der Waals surface area contributed by atoms with Crippen molar-refractivity contribution in [2.24, 2.45) is 0 Å². The SMILES string of the molecule is CCCCCCCCCCC/C=C\C/C=C\CCCCCCCCCCCCCCCC(=O)NC(COP(=O)([O-])OCC[N+](C)(C)C)C(O)/C=C/CC/C=C/CC/C=C/CCCCCCCCCCCC. The third kappa shape index (κ3) is 55.8. The van der Waals surface area contributed by atoms with Gasteiger partial charge in [0, 0.05) is 6.42 Å². The first-order chi connectivity index (χ1) is 34.5. The van der Waals surface area contributed by atoms with Crippen LogP contribution < -0.4 is 10.2 Å². The molecule has 3 unspecified atom stereocenters. The maximum absolute atomic E-state index is 13.0. The van der Waals surface area contributed by atoms with E-state index in [1.54, 1.807) is 6.08 Å². The zero-order chi connectivity index (χ0) is 52.0. The molecular formula is C62H117N2O6P. The standard InChI is InChI=1S/C62H117N2O6P/c1-6-8-10-12-14-16-18-20-22-24-26-28-29-30-31-32-33-34-35-36-38-40-42-44-46-48-50-52-54-56-62(66)63-60(59-70-71(67,68)69-58-57-64(3,4)5)61(65)55-53-51-49-47-45-43-41-39-37-27-25-23-21-19-17-15-13-11-9-7-2/h26,28,30-31,37,39,45,47,53,55,60-61,65H,6-25,27,29,32-36,38,40-44,46,48-52,54,56-59H2,1-5H3,(H-,63,66,67,68)/b28-26-,31-30-,39-37+,47-45+,55-53+. The number of aliphatic hydroxyl groups excluding tert-OH is 1. The van der Waals surface area contributed by atoms with Crippen molar-refractivity contribution in [1.29, 1.82) is 0 Å². The van der Waals surface area contributed by atoms with E-state index >= 15 is 0 Å². The normalized spacial score (nSPS) is 14.3. The van der Waals surface area contributed by atoms with Crippen LogP contribution in [0, 0.1) is 0 Å². The van der Waals surface area contributed by atoms with Crippen molar-refractivity contribution in [3.63, 3.8) is 0 Å². The molecule has 3 atom stereocenters. The van der Waals surface area contributed by atoms with E-state index in [9.17, 15) is 19.4 Å². The molecule has 0 heterocycles. The molecule has 0 aromatic rings. The minimum atomic E-state index is -4.61. The zero-order valence-corrected chi connectivity index (χ0v) is 48.3. The maximum atomic E-state index is 13.0. The van der Waals surface area contributed by atoms with Crippen molar-refractivity contribution in [1.82, 2.24) is 5.32 Å². The summed E-state index contributed by atoms with van der Waals surface area (Å²) in [4.78, 5) is 25.5. The van der Waals surface area contributed by atoms with Crippen LogP contribution >= 0.6 is 7.82 Å². The highest BCUT2D eigenvalue weighted by Crippen LogP contribution is 2.38. The predicted octanol–water partition coefficient (Wildman–Crippen LogP) is 17.9. The number of phosphoric acid groups is 1. The highest BCUT2D eigenvalue weighted by atomic mass is 31.2. The maximum Gasteiger partial charge on any atom is 0.268 e. The number of aliphatic hydroxyl groups is 1. The summed E-state index contributed by atoms with van der Waals surface area (Å²) in [6.45, 7) is 4.64. The summed E-state index contributed by atoms with van der Waals surface area (Å²) in [6, 6.07) is -0.913. The van der Waals surface area contributed by atoms with Gasteiger partial charge < -0.3 is 28.8 Å². The second-order valence-corrected chi connectivity index (χ2v) is 23.1. The number of phosphoric ester groups is 1. The number of hydrogen-bond acceptors (Lipinski definition) is 6. The lowest BCUT2D eigenvalue weighted by molar-refractivity contribution is -0.870. The molecule has 8 nitrogen and oxygen atoms in total. The van der Waals surface area contributed by atoms with Crippen molar-refractivity contribution < 1.29 is 32.9 Å². The Kier molecular flexibility index (Phi) is 51.7. The minimum Gasteiger partial charge on any atom is -0.756 e. The van der Waals surface area contributed by atoms with E-state index in [-0.39, 0.29) is 12.5 Å². The van der Waals surface area contributed by atoms with Gasteiger partial charge in [0.25, 0.3) is 7.82 Å². The Bertz CT molecular complexity index is 1340. The largest absolute Gasteiger partial charge is 0.756 e. The molecule has 0 fully saturated rings. The number of carbonyl (C=O) groups excluding carboxylic acids is 1. The summed E-state index contributed by atoms with van der Waals surface area (Å²) in [5.41, 5.74) is 0. The summed E-state index contributed by atoms with van der Waals surface area (Å²) < 4.78 is 23.3. The Morgan fingerprint density at radius 3 is 1.23 bits per heavy atom. The van der Waals surface area contributed by atoms with E-state index in [0.717, 1.165) is 51.4 Å². The molecule has 9 heteroatoms. The van der Waals surface area contributed by atoms with Gasteiger partial charge in [-0.15, -0.1) is 0 Å². The fourth-order valence-electron chi connectivity index (χ4n) is 8.69. The molecule has 0 rings (SSSR count). The minimum absolute atomic E-state index is 0.0103. The molecular weight excluding hydrogens is 900 g/mol. The predicted molar refractivity (Wildman–Crippen MR) is 307 cm³/mol. The van der Waals surface area contributed by atoms with Crippen LogP contribution in [0.2, 0.25) is 0 Å². The molecule has 0 bridgehead atoms. The van der Waals surface area contributed by atoms with Gasteiger partial charge in [-0.2, -0.15) is 0 Å². The lowest BCUT2D eigenvalue weighted by Crippen LogP contribution is -2.45. The van der Waals surface area contributed by atoms with Crippen LogP contribution in [0.1, 0.15) is 277 Å². The summed E-state index contributed by atoms with van der Waals surface area (Å²) in [5, 5.41) is 13.9. The number of quaternary nitrogens is 1. The number of nitrogens with zero attached hydrogens (tertiary/aromatic N) is 1. The molecule has 0 aromatic heterocycles. The van der Waals surface area contributed by atoms with E-state index < -0.39 is 26.6 Å². The molecule has 0 saturated carbocycles. The van der Waals surface area contributed by atoms with Gasteiger partial charge >= 0.3 is 0 Å². The lowest BCUT2D eigenvalue weighted by Gasteiger charge is -2.29. The zero-order valence-electron chi connectivity index (χ0n) is 47.4. The first-order valence-electron chi connectivity index (χ1n) is 30.2. The number of rotatable bonds is 55. The Balaban J connectivity index is 4.21. The average molecular weight is 1020 g/mol. The summed E-state index contributed by atoms with van der Waals surface area (Å²) in [5.74, 6) is -0.211. The van der Waals surface area contributed by atoms with Gasteiger partial charge in [-0.3, -0.25) is 9.36 Å². The molecule has 0 radical (unpaired) electrons. The van der Waals surface area contributed by atoms with E-state index in [0.29, 0.717) is 17.4 Å². The van der Waals surface area contributed by atoms with Gasteiger partial charge in [-0.05, 0) is 77.0 Å². The van der Waals surface area contributed by atoms with Gasteiger partial charge in [0.2, 0.25) is 5.91 Å². The van der Waals surface area contributed by atoms with Crippen LogP contribution in [0.15, 0.2) is 60.8 Å². The van der Waals surface area contributed by atoms with Crippen LogP contribution in [0.5, 0.6) is 0 Å². The third-order valence-electron chi connectivity index (χ3n) is 13.4. The van der Waals surface area contributed by atoms with E-state index in [2.05, 4.69) is 67.8 Å². The van der Waals surface area contributed by atoms with Crippen molar-refractivity contribution >= 4 is 13.7 Å². The Labute approximate surface area is 441 Å². The summed E-state index contributed by atoms with van der Waals surface area (Å²) in [7, 11) is 1.24. The molecule has 0 saturated heterocycles. The number of amides is 1. The third-order valence-corrected chi connectivity index (χ3v) is 14.4. The van der Waals surface area contributed by atoms with Crippen molar-refractivity contribution in [3.8, 4) is 0 Å². The molecule has 0 spiro atoms. The number of nitrogens with one attached hydrogen (secondary N) is 1. The fraction of sp³-hybridized carbons (Fsp3) is 0.823. The summed E-state index contributed by atoms with van der Waals surface area (Å²) in [6.07, 6.45) is 71.7. The van der Waals surface area contributed by atoms with Gasteiger partial charge in [0.15, 0.2) is 0 Å². The molecule has 0 aliphatic heterocycles. The topological polar surface area (TPSA) is 108 Å². The number of unbranched alkanes of at least 4 members (excludes halogenated alkanes) is 34. The van der Waals surface area contributed by atoms with Gasteiger partial charge in [-0.25, -0.2) is 0 Å². The molecule has 416 valence electrons. The average Bonchev–Trinajstić information content (AvgIpc) is 3.33. The van der Waals surface area contributed by atoms with Crippen LogP contribution in [0.25, 0.3) is 0 Å². The van der Waals surface area contributed by atoms with Crippen LogP contribution in [-0.2, 0) is 18.4 Å². The van der Waals surface area contributed by atoms with E-state index in [1.165, 1.54) is 205 Å². The van der Waals surface area contributed by atoms with Gasteiger partial charge in [-0.1, -0.05) is 254 Å². The van der Waals surface area contributed by atoms with E-state index in [1.807, 2.05) is 27.2 Å². The number of likely N-dealkylation sites (N-methyl/N-ethyl adjacent to an activating group) is 1. The van der Waals surface area contributed by atoms with Crippen LogP contribution in [-0.4, -0.2) is 68.5 Å². The molecule has 2 N–H and O–H groups in total. The second kappa shape index (κ2) is 53.0. The van der Waals surface area contributed by atoms with Crippen molar-refractivity contribution in [2.75, 3.05) is 40.9 Å². The Hall–Kier alpha value is -1.80. The number of carbonyl (C=O) groups is 1. The summed E-state index contributed by atoms with van der Waals surface area (Å²) >= 11 is 0. The van der Waals surface area contributed by atoms with Crippen molar-refractivity contribution in [2.45, 2.75) is 289 Å². The molecule has 1 amide bonds. The molecule has 0 aromatic carbocycles. The van der Waals surface area contributed by atoms with Gasteiger partial charge in [0.1, 0.15) is 13.2 Å². The Morgan fingerprint density at radius 1 is 0.493 bits per heavy atom. The molecule has 0 aliphatic carbocycles. The quantitative estimate of drug-likeness (QED) is 0.0272. The second-order valence-electron chi connectivity index (χ2n) is 21.7. The molecule has 0 aliphatic rings. The fourth-order valence-corrected chi connectivity index (χ4v) is 9.41. The molecule has 71 heavy (non-hydrogen) atoms. The van der Waals surface area contributed by atoms with Crippen molar-refractivity contribution in [3.05, 3.63) is 60.8 Å². The van der Waals surface area contributed by atoms with Gasteiger partial charge in [0.05, 0.1) is 39.9 Å². The first-order valence-corrected chi connectivity index (χ1v) is 31.6. The highest BCUT2D eigenvalue weighted by molar-refractivity contribution is 7.45. The smallest absolute Gasteiger partial charge is 0.268 e. The first kappa shape index (κ1) is 69.2. The number of allylic oxidation sites excluding steroid dienone is 9. The van der Waals surface area contributed by atoms with Crippen LogP contribution in [0.3, 0.4) is 0 Å². The highest BCUT2D eigenvalue weighted by Gasteiger charge is 2.23.